The Morgan fingerprint density at radius 2 is 1.56 bits per heavy atom. The van der Waals surface area contributed by atoms with Crippen LogP contribution in [0.25, 0.3) is 0 Å². The van der Waals surface area contributed by atoms with Crippen LogP contribution in [0.2, 0.25) is 0 Å². The maximum absolute atomic E-state index is 13.1. The van der Waals surface area contributed by atoms with E-state index in [1.807, 2.05) is 4.90 Å². The summed E-state index contributed by atoms with van der Waals surface area (Å²) >= 11 is 0. The van der Waals surface area contributed by atoms with E-state index >= 15 is 0 Å². The van der Waals surface area contributed by atoms with Crippen molar-refractivity contribution in [2.24, 2.45) is 0 Å². The van der Waals surface area contributed by atoms with E-state index in [0.717, 1.165) is 31.7 Å². The summed E-state index contributed by atoms with van der Waals surface area (Å²) in [5.74, 6) is 0.189. The van der Waals surface area contributed by atoms with Crippen molar-refractivity contribution in [3.05, 3.63) is 60.2 Å². The van der Waals surface area contributed by atoms with Crippen LogP contribution in [0.1, 0.15) is 19.3 Å². The Bertz CT molecular complexity index is 735. The molecule has 1 saturated heterocycles. The summed E-state index contributed by atoms with van der Waals surface area (Å²) in [5.41, 5.74) is 0.985. The maximum Gasteiger partial charge on any atom is 0.222 e. The molecule has 0 bridgehead atoms. The fourth-order valence-corrected chi connectivity index (χ4v) is 3.18. The topological polar surface area (TPSA) is 32.8 Å². The molecule has 0 radical (unpaired) electrons. The van der Waals surface area contributed by atoms with Crippen LogP contribution in [0.3, 0.4) is 0 Å². The molecular formula is C21H24F2N2O2. The van der Waals surface area contributed by atoms with E-state index in [1.54, 1.807) is 24.3 Å². The minimum Gasteiger partial charge on any atom is -0.494 e. The van der Waals surface area contributed by atoms with Gasteiger partial charge in [0.25, 0.3) is 0 Å². The summed E-state index contributed by atoms with van der Waals surface area (Å²) in [6, 6.07) is 12.3. The van der Waals surface area contributed by atoms with Crippen molar-refractivity contribution >= 4 is 11.6 Å². The van der Waals surface area contributed by atoms with Gasteiger partial charge in [0, 0.05) is 38.3 Å². The Kier molecular flexibility index (Phi) is 6.63. The van der Waals surface area contributed by atoms with Crippen LogP contribution in [-0.2, 0) is 4.79 Å². The maximum atomic E-state index is 13.1. The second kappa shape index (κ2) is 9.35. The summed E-state index contributed by atoms with van der Waals surface area (Å²) < 4.78 is 31.5. The molecule has 0 atom stereocenters. The quantitative estimate of drug-likeness (QED) is 0.720. The van der Waals surface area contributed by atoms with Crippen LogP contribution in [0.4, 0.5) is 14.5 Å². The average Bonchev–Trinajstić information content (AvgIpc) is 2.93. The number of carbonyl (C=O) groups excluding carboxylic acids is 1. The average molecular weight is 374 g/mol. The van der Waals surface area contributed by atoms with Crippen molar-refractivity contribution in [2.45, 2.75) is 19.3 Å². The highest BCUT2D eigenvalue weighted by atomic mass is 19.1. The number of hydrogen-bond donors (Lipinski definition) is 0. The zero-order valence-corrected chi connectivity index (χ0v) is 15.2. The number of nitrogens with zero attached hydrogens (tertiary/aromatic N) is 2. The van der Waals surface area contributed by atoms with Crippen LogP contribution in [0.5, 0.6) is 5.75 Å². The third-order valence-electron chi connectivity index (χ3n) is 4.66. The highest BCUT2D eigenvalue weighted by Gasteiger charge is 2.19. The molecular weight excluding hydrogens is 350 g/mol. The van der Waals surface area contributed by atoms with Crippen LogP contribution >= 0.6 is 0 Å². The molecule has 2 aromatic rings. The van der Waals surface area contributed by atoms with Crippen molar-refractivity contribution in [3.63, 3.8) is 0 Å². The molecule has 3 rings (SSSR count). The van der Waals surface area contributed by atoms with E-state index < -0.39 is 0 Å². The summed E-state index contributed by atoms with van der Waals surface area (Å²) in [4.78, 5) is 16.5. The predicted octanol–water partition coefficient (Wildman–Crippen LogP) is 3.86. The molecule has 0 saturated carbocycles. The van der Waals surface area contributed by atoms with Gasteiger partial charge in [0.1, 0.15) is 17.4 Å². The number of rotatable bonds is 6. The van der Waals surface area contributed by atoms with E-state index in [1.165, 1.54) is 24.3 Å². The standard InChI is InChI=1S/C21H24F2N2O2/c22-17-4-8-19(9-5-17)24-12-2-13-25(15-14-24)21(26)3-1-16-27-20-10-6-18(23)7-11-20/h4-11H,1-3,12-16H2. The Morgan fingerprint density at radius 3 is 2.26 bits per heavy atom. The summed E-state index contributed by atoms with van der Waals surface area (Å²) in [6.45, 7) is 3.41. The van der Waals surface area contributed by atoms with Gasteiger partial charge in [-0.3, -0.25) is 4.79 Å². The van der Waals surface area contributed by atoms with Crippen molar-refractivity contribution in [2.75, 3.05) is 37.7 Å². The van der Waals surface area contributed by atoms with Crippen LogP contribution in [-0.4, -0.2) is 43.6 Å². The third kappa shape index (κ3) is 5.67. The number of anilines is 1. The minimum atomic E-state index is -0.298. The molecule has 0 N–H and O–H groups in total. The molecule has 2 aromatic carbocycles. The highest BCUT2D eigenvalue weighted by Crippen LogP contribution is 2.17. The fourth-order valence-electron chi connectivity index (χ4n) is 3.18. The molecule has 0 aromatic heterocycles. The Hall–Kier alpha value is -2.63. The van der Waals surface area contributed by atoms with Crippen LogP contribution in [0.15, 0.2) is 48.5 Å². The molecule has 144 valence electrons. The van der Waals surface area contributed by atoms with Crippen LogP contribution in [0, 0.1) is 11.6 Å². The van der Waals surface area contributed by atoms with E-state index in [-0.39, 0.29) is 17.5 Å². The normalized spacial score (nSPS) is 14.7. The van der Waals surface area contributed by atoms with Gasteiger partial charge in [-0.15, -0.1) is 0 Å². The lowest BCUT2D eigenvalue weighted by Gasteiger charge is -2.23. The van der Waals surface area contributed by atoms with E-state index in [9.17, 15) is 13.6 Å². The molecule has 1 amide bonds. The van der Waals surface area contributed by atoms with Crippen molar-refractivity contribution in [3.8, 4) is 5.75 Å². The SMILES string of the molecule is O=C(CCCOc1ccc(F)cc1)N1CCCN(c2ccc(F)cc2)CC1. The molecule has 4 nitrogen and oxygen atoms in total. The van der Waals surface area contributed by atoms with E-state index in [4.69, 9.17) is 4.74 Å². The molecule has 1 heterocycles. The lowest BCUT2D eigenvalue weighted by molar-refractivity contribution is -0.131. The summed E-state index contributed by atoms with van der Waals surface area (Å²) in [5, 5.41) is 0. The first-order valence-corrected chi connectivity index (χ1v) is 9.28. The monoisotopic (exact) mass is 374 g/mol. The Balaban J connectivity index is 1.41. The van der Waals surface area contributed by atoms with E-state index in [0.29, 0.717) is 31.7 Å². The highest BCUT2D eigenvalue weighted by molar-refractivity contribution is 5.76. The minimum absolute atomic E-state index is 0.124. The molecule has 1 fully saturated rings. The number of halogens is 2. The lowest BCUT2D eigenvalue weighted by Crippen LogP contribution is -2.35. The number of amides is 1. The summed E-state index contributed by atoms with van der Waals surface area (Å²) in [7, 11) is 0. The molecule has 0 aliphatic carbocycles. The predicted molar refractivity (Wildman–Crippen MR) is 101 cm³/mol. The van der Waals surface area contributed by atoms with Gasteiger partial charge in [0.05, 0.1) is 6.61 Å². The van der Waals surface area contributed by atoms with Crippen molar-refractivity contribution < 1.29 is 18.3 Å². The largest absolute Gasteiger partial charge is 0.494 e. The first-order chi connectivity index (χ1) is 13.1. The Labute approximate surface area is 158 Å². The molecule has 0 unspecified atom stereocenters. The van der Waals surface area contributed by atoms with Gasteiger partial charge in [-0.1, -0.05) is 0 Å². The van der Waals surface area contributed by atoms with Crippen molar-refractivity contribution in [1.82, 2.24) is 4.90 Å². The van der Waals surface area contributed by atoms with Gasteiger partial charge >= 0.3 is 0 Å². The first-order valence-electron chi connectivity index (χ1n) is 9.28. The summed E-state index contributed by atoms with van der Waals surface area (Å²) in [6.07, 6.45) is 1.93. The van der Waals surface area contributed by atoms with Crippen molar-refractivity contribution in [1.29, 1.82) is 0 Å². The molecule has 1 aliphatic rings. The second-order valence-electron chi connectivity index (χ2n) is 6.60. The number of hydrogen-bond acceptors (Lipinski definition) is 3. The number of carbonyl (C=O) groups is 1. The number of ether oxygens (including phenoxy) is 1. The first kappa shape index (κ1) is 19.1. The van der Waals surface area contributed by atoms with Gasteiger partial charge in [-0.2, -0.15) is 0 Å². The second-order valence-corrected chi connectivity index (χ2v) is 6.60. The van der Waals surface area contributed by atoms with Gasteiger partial charge in [0.2, 0.25) is 5.91 Å². The lowest BCUT2D eigenvalue weighted by atomic mass is 10.2. The third-order valence-corrected chi connectivity index (χ3v) is 4.66. The molecule has 1 aliphatic heterocycles. The van der Waals surface area contributed by atoms with E-state index in [2.05, 4.69) is 4.90 Å². The van der Waals surface area contributed by atoms with Gasteiger partial charge in [-0.25, -0.2) is 8.78 Å². The van der Waals surface area contributed by atoms with Gasteiger partial charge in [-0.05, 0) is 61.4 Å². The Morgan fingerprint density at radius 1 is 0.889 bits per heavy atom. The van der Waals surface area contributed by atoms with Gasteiger partial charge < -0.3 is 14.5 Å². The van der Waals surface area contributed by atoms with Gasteiger partial charge in [0.15, 0.2) is 0 Å². The fraction of sp³-hybridized carbons (Fsp3) is 0.381. The molecule has 0 spiro atoms. The zero-order chi connectivity index (χ0) is 19.1. The van der Waals surface area contributed by atoms with Crippen LogP contribution < -0.4 is 9.64 Å². The molecule has 27 heavy (non-hydrogen) atoms. The smallest absolute Gasteiger partial charge is 0.222 e. The number of benzene rings is 2. The zero-order valence-electron chi connectivity index (χ0n) is 15.2. The molecule has 6 heteroatoms.